The van der Waals surface area contributed by atoms with Gasteiger partial charge in [0.2, 0.25) is 11.9 Å². The average molecular weight is 750 g/mol. The molecule has 2 aliphatic heterocycles. The second-order valence-electron chi connectivity index (χ2n) is 9.08. The lowest BCUT2D eigenvalue weighted by atomic mass is 10.2. The maximum Gasteiger partial charge on any atom is 0.288 e. The molecule has 0 aliphatic carbocycles. The molecular weight excluding hydrogens is 732 g/mol. The summed E-state index contributed by atoms with van der Waals surface area (Å²) in [5.74, 6) is -0.589. The van der Waals surface area contributed by atoms with Crippen molar-refractivity contribution in [3.63, 3.8) is 0 Å². The largest absolute Gasteiger partial charge is 0.505 e. The van der Waals surface area contributed by atoms with Crippen LogP contribution in [0.1, 0.15) is 0 Å². The van der Waals surface area contributed by atoms with Crippen LogP contribution in [0, 0.1) is 20.2 Å². The standard InChI is InChI=1S/C13H9BrN4O3S.C13H9ClN4O5S/c14-8-3-1-2-4-9(8)15-13-16-12-10(19)5-7(18(20)21)6-11(12)22-17-13;14-8-3-1-2-4-9(8)15-13-16-12-10(19)5-7(18(20)21)6-11(12)24(22,23)17-13/h1-6,19H,(H2,15,16,17);1-6,19H,(H2,15,16,17). The number of halogens is 2. The number of phenolic OH excluding ortho intramolecular Hbond substituents is 2. The molecule has 0 amide bonds. The number of nitro benzene ring substituents is 2. The monoisotopic (exact) mass is 748 g/mol. The summed E-state index contributed by atoms with van der Waals surface area (Å²) in [6, 6.07) is 18.2. The molecule has 20 heteroatoms. The van der Waals surface area contributed by atoms with Gasteiger partial charge in [-0.15, -0.1) is 4.40 Å². The topological polar surface area (TPSA) is 234 Å². The summed E-state index contributed by atoms with van der Waals surface area (Å²) in [7, 11) is -4.25. The second-order valence-corrected chi connectivity index (χ2v) is 12.8. The zero-order valence-electron chi connectivity index (χ0n) is 22.6. The van der Waals surface area contributed by atoms with Crippen LogP contribution in [0.4, 0.5) is 34.1 Å². The summed E-state index contributed by atoms with van der Waals surface area (Å²) >= 11 is 10.5. The molecule has 0 radical (unpaired) electrons. The number of aromatic hydroxyl groups is 2. The van der Waals surface area contributed by atoms with Crippen LogP contribution >= 0.6 is 39.5 Å². The fourth-order valence-electron chi connectivity index (χ4n) is 3.93. The van der Waals surface area contributed by atoms with Crippen LogP contribution < -0.4 is 20.7 Å². The summed E-state index contributed by atoms with van der Waals surface area (Å²) in [5, 5.41) is 50.2. The lowest BCUT2D eigenvalue weighted by molar-refractivity contribution is -0.385. The lowest BCUT2D eigenvalue weighted by Gasteiger charge is -2.20. The van der Waals surface area contributed by atoms with Gasteiger partial charge in [0.1, 0.15) is 27.8 Å². The third-order valence-electron chi connectivity index (χ3n) is 6.00. The maximum absolute atomic E-state index is 12.3. The molecule has 4 aromatic carbocycles. The molecule has 236 valence electrons. The Morgan fingerprint density at radius 2 is 1.48 bits per heavy atom. The molecule has 0 fully saturated rings. The molecule has 6 N–H and O–H groups in total. The van der Waals surface area contributed by atoms with Gasteiger partial charge in [0.25, 0.3) is 21.4 Å². The number of sulfonamides is 1. The van der Waals surface area contributed by atoms with Crippen molar-refractivity contribution < 1.29 is 28.5 Å². The molecule has 0 unspecified atom stereocenters. The van der Waals surface area contributed by atoms with E-state index in [0.717, 1.165) is 40.3 Å². The summed E-state index contributed by atoms with van der Waals surface area (Å²) in [6.07, 6.45) is 0. The first-order valence-electron chi connectivity index (χ1n) is 12.5. The molecule has 0 aromatic heterocycles. The number of benzene rings is 4. The van der Waals surface area contributed by atoms with Gasteiger partial charge in [-0.1, -0.05) is 35.9 Å². The highest BCUT2D eigenvalue weighted by Gasteiger charge is 2.31. The number of nitro groups is 2. The van der Waals surface area contributed by atoms with E-state index in [0.29, 0.717) is 27.3 Å². The number of guanidine groups is 2. The zero-order chi connectivity index (χ0) is 33.2. The summed E-state index contributed by atoms with van der Waals surface area (Å²) in [6.45, 7) is 0. The van der Waals surface area contributed by atoms with E-state index in [-0.39, 0.29) is 23.1 Å². The van der Waals surface area contributed by atoms with Crippen molar-refractivity contribution in [2.45, 2.75) is 9.79 Å². The molecule has 16 nitrogen and oxygen atoms in total. The second kappa shape index (κ2) is 13.1. The van der Waals surface area contributed by atoms with Crippen LogP contribution in [0.25, 0.3) is 0 Å². The minimum Gasteiger partial charge on any atom is -0.505 e. The third kappa shape index (κ3) is 7.07. The van der Waals surface area contributed by atoms with Crippen molar-refractivity contribution in [3.8, 4) is 11.5 Å². The first-order chi connectivity index (χ1) is 21.8. The first-order valence-corrected chi connectivity index (χ1v) is 15.9. The van der Waals surface area contributed by atoms with Crippen molar-refractivity contribution in [1.82, 2.24) is 4.72 Å². The number of phenols is 2. The van der Waals surface area contributed by atoms with Crippen LogP contribution in [0.15, 0.2) is 96.5 Å². The number of aliphatic imine (C=N–C) groups is 1. The average Bonchev–Trinajstić information content (AvgIpc) is 3.00. The van der Waals surface area contributed by atoms with Gasteiger partial charge in [0.15, 0.2) is 0 Å². The predicted molar refractivity (Wildman–Crippen MR) is 177 cm³/mol. The van der Waals surface area contributed by atoms with E-state index >= 15 is 0 Å². The number of para-hydroxylation sites is 2. The van der Waals surface area contributed by atoms with Gasteiger partial charge < -0.3 is 26.2 Å². The number of hydrogen-bond donors (Lipinski definition) is 6. The van der Waals surface area contributed by atoms with Gasteiger partial charge in [0, 0.05) is 16.6 Å². The summed E-state index contributed by atoms with van der Waals surface area (Å²) < 4.78 is 31.8. The van der Waals surface area contributed by atoms with Crippen molar-refractivity contribution in [3.05, 3.63) is 103 Å². The Hall–Kier alpha value is -5.11. The quantitative estimate of drug-likeness (QED) is 0.0582. The third-order valence-corrected chi connectivity index (χ3v) is 9.14. The van der Waals surface area contributed by atoms with Crippen LogP contribution in [-0.4, -0.2) is 40.4 Å². The number of rotatable bonds is 4. The fourth-order valence-corrected chi connectivity index (χ4v) is 6.34. The Morgan fingerprint density at radius 1 is 0.870 bits per heavy atom. The van der Waals surface area contributed by atoms with Crippen LogP contribution in [0.2, 0.25) is 5.02 Å². The molecule has 0 saturated heterocycles. The number of hydrogen-bond acceptors (Lipinski definition) is 14. The van der Waals surface area contributed by atoms with Crippen LogP contribution in [0.3, 0.4) is 0 Å². The number of non-ortho nitro benzene ring substituents is 2. The van der Waals surface area contributed by atoms with Gasteiger partial charge in [-0.25, -0.2) is 4.99 Å². The molecule has 2 aliphatic rings. The smallest absolute Gasteiger partial charge is 0.288 e. The molecule has 0 saturated carbocycles. The van der Waals surface area contributed by atoms with Crippen molar-refractivity contribution in [1.29, 1.82) is 0 Å². The highest BCUT2D eigenvalue weighted by Crippen LogP contribution is 2.42. The highest BCUT2D eigenvalue weighted by atomic mass is 79.9. The minimum absolute atomic E-state index is 0.178. The molecule has 2 heterocycles. The van der Waals surface area contributed by atoms with Gasteiger partial charge in [-0.05, 0) is 52.1 Å². The number of anilines is 3. The van der Waals surface area contributed by atoms with E-state index in [1.807, 2.05) is 24.3 Å². The van der Waals surface area contributed by atoms with E-state index in [1.54, 1.807) is 24.3 Å². The lowest BCUT2D eigenvalue weighted by Crippen LogP contribution is -2.28. The Morgan fingerprint density at radius 3 is 2.15 bits per heavy atom. The van der Waals surface area contributed by atoms with Gasteiger partial charge in [-0.2, -0.15) is 8.42 Å². The Bertz CT molecular complexity index is 2080. The Labute approximate surface area is 276 Å². The normalized spacial score (nSPS) is 14.0. The SMILES string of the molecule is O=[N+]([O-])c1cc(O)c2c(c1)S(=O)(=O)N=C(Nc1ccccc1Cl)N2.O=[N+]([O-])c1cc(O)c2c(c1)SNC(Nc1ccccc1Br)=N2. The number of fused-ring (bicyclic) bond motifs is 2. The van der Waals surface area contributed by atoms with E-state index in [2.05, 4.69) is 46.0 Å². The van der Waals surface area contributed by atoms with E-state index in [9.17, 15) is 38.9 Å². The highest BCUT2D eigenvalue weighted by molar-refractivity contribution is 9.10. The zero-order valence-corrected chi connectivity index (χ0v) is 26.6. The van der Waals surface area contributed by atoms with E-state index < -0.39 is 36.2 Å². The van der Waals surface area contributed by atoms with Crippen molar-refractivity contribution in [2.24, 2.45) is 9.39 Å². The van der Waals surface area contributed by atoms with Crippen LogP contribution in [-0.2, 0) is 10.0 Å². The van der Waals surface area contributed by atoms with Crippen molar-refractivity contribution >= 4 is 95.5 Å². The van der Waals surface area contributed by atoms with Gasteiger partial charge >= 0.3 is 0 Å². The molecule has 0 spiro atoms. The summed E-state index contributed by atoms with van der Waals surface area (Å²) in [5.41, 5.74) is 0.552. The van der Waals surface area contributed by atoms with Gasteiger partial charge in [0.05, 0.1) is 43.3 Å². The number of nitrogens with one attached hydrogen (secondary N) is 4. The van der Waals surface area contributed by atoms with Crippen molar-refractivity contribution in [2.75, 3.05) is 16.0 Å². The first kappa shape index (κ1) is 32.3. The maximum atomic E-state index is 12.3. The molecule has 0 atom stereocenters. The molecule has 6 rings (SSSR count). The molecule has 4 aromatic rings. The molecule has 0 bridgehead atoms. The molecular formula is C26H18BrClN8O8S2. The molecule has 46 heavy (non-hydrogen) atoms. The predicted octanol–water partition coefficient (Wildman–Crippen LogP) is 6.31. The Balaban J connectivity index is 0.000000182. The fraction of sp³-hybridized carbons (Fsp3) is 0. The number of nitrogens with zero attached hydrogens (tertiary/aromatic N) is 4. The summed E-state index contributed by atoms with van der Waals surface area (Å²) in [4.78, 5) is 24.5. The van der Waals surface area contributed by atoms with E-state index in [4.69, 9.17) is 11.6 Å². The Kier molecular flexibility index (Phi) is 9.19. The minimum atomic E-state index is -4.25. The van der Waals surface area contributed by atoms with E-state index in [1.165, 1.54) is 6.07 Å². The van der Waals surface area contributed by atoms with Crippen LogP contribution in [0.5, 0.6) is 11.5 Å². The van der Waals surface area contributed by atoms with Gasteiger partial charge in [-0.3, -0.25) is 25.0 Å².